The van der Waals surface area contributed by atoms with Crippen LogP contribution in [0.1, 0.15) is 79.0 Å². The molecule has 3 nitrogen and oxygen atoms in total. The Hall–Kier alpha value is -6.52. The largest absolute Gasteiger partial charge is 0.311 e. The van der Waals surface area contributed by atoms with Crippen LogP contribution in [0.4, 0.5) is 51.2 Å². The third-order valence-corrected chi connectivity index (χ3v) is 13.1. The highest BCUT2D eigenvalue weighted by Gasteiger charge is 2.45. The van der Waals surface area contributed by atoms with Gasteiger partial charge in [-0.05, 0) is 121 Å². The number of nitrogens with zero attached hydrogens (tertiary/aromatic N) is 3. The molecule has 62 heavy (non-hydrogen) atoms. The molecule has 0 aromatic heterocycles. The third kappa shape index (κ3) is 6.68. The Morgan fingerprint density at radius 1 is 0.371 bits per heavy atom. The summed E-state index contributed by atoms with van der Waals surface area (Å²) in [5.41, 5.74) is 18.4. The monoisotopic (exact) mass is 805 g/mol. The van der Waals surface area contributed by atoms with Crippen LogP contribution < -0.4 is 31.1 Å². The molecule has 0 aliphatic carbocycles. The lowest BCUT2D eigenvalue weighted by atomic mass is 9.33. The topological polar surface area (TPSA) is 9.72 Å². The fraction of sp³-hybridized carbons (Fsp3) is 0.207. The van der Waals surface area contributed by atoms with Gasteiger partial charge in [-0.25, -0.2) is 0 Å². The highest BCUT2D eigenvalue weighted by molar-refractivity contribution is 7.00. The van der Waals surface area contributed by atoms with Gasteiger partial charge in [-0.15, -0.1) is 0 Å². The van der Waals surface area contributed by atoms with Crippen LogP contribution in [-0.2, 0) is 16.2 Å². The predicted octanol–water partition coefficient (Wildman–Crippen LogP) is 14.3. The molecule has 0 saturated carbocycles. The lowest BCUT2D eigenvalue weighted by molar-refractivity contribution is 0.590. The Kier molecular flexibility index (Phi) is 9.30. The average Bonchev–Trinajstić information content (AvgIpc) is 3.26. The number of fused-ring (bicyclic) bond motifs is 5. The Bertz CT molecular complexity index is 2920. The second-order valence-corrected chi connectivity index (χ2v) is 20.4. The van der Waals surface area contributed by atoms with Gasteiger partial charge >= 0.3 is 0 Å². The van der Waals surface area contributed by atoms with E-state index in [4.69, 9.17) is 0 Å². The minimum atomic E-state index is -0.0380. The summed E-state index contributed by atoms with van der Waals surface area (Å²) in [6.07, 6.45) is 0. The second kappa shape index (κ2) is 14.6. The first-order chi connectivity index (χ1) is 29.7. The molecule has 2 aliphatic heterocycles. The zero-order valence-corrected chi connectivity index (χ0v) is 37.7. The molecule has 2 aliphatic rings. The average molecular weight is 806 g/mol. The molecular formula is C58H56BN3. The van der Waals surface area contributed by atoms with Crippen molar-refractivity contribution in [3.8, 4) is 0 Å². The molecule has 0 radical (unpaired) electrons. The lowest BCUT2D eigenvalue weighted by Crippen LogP contribution is -2.61. The first kappa shape index (κ1) is 39.6. The van der Waals surface area contributed by atoms with E-state index >= 15 is 0 Å². The Morgan fingerprint density at radius 3 is 1.39 bits per heavy atom. The van der Waals surface area contributed by atoms with E-state index < -0.39 is 0 Å². The van der Waals surface area contributed by atoms with Crippen molar-refractivity contribution in [2.24, 2.45) is 0 Å². The second-order valence-electron chi connectivity index (χ2n) is 20.4. The molecule has 4 heteroatoms. The smallest absolute Gasteiger partial charge is 0.252 e. The van der Waals surface area contributed by atoms with Gasteiger partial charge in [-0.1, -0.05) is 172 Å². The fourth-order valence-corrected chi connectivity index (χ4v) is 9.71. The minimum Gasteiger partial charge on any atom is -0.311 e. The summed E-state index contributed by atoms with van der Waals surface area (Å²) in [6.45, 7) is 20.9. The van der Waals surface area contributed by atoms with E-state index in [-0.39, 0.29) is 23.0 Å². The van der Waals surface area contributed by atoms with Gasteiger partial charge in [0.15, 0.2) is 0 Å². The van der Waals surface area contributed by atoms with Gasteiger partial charge in [0.05, 0.1) is 11.4 Å². The molecule has 0 amide bonds. The van der Waals surface area contributed by atoms with Gasteiger partial charge in [0, 0.05) is 45.2 Å². The molecule has 0 bridgehead atoms. The van der Waals surface area contributed by atoms with Gasteiger partial charge in [0.25, 0.3) is 6.71 Å². The molecule has 0 unspecified atom stereocenters. The summed E-state index contributed by atoms with van der Waals surface area (Å²) in [7, 11) is 0. The van der Waals surface area contributed by atoms with Crippen molar-refractivity contribution < 1.29 is 0 Å². The van der Waals surface area contributed by atoms with E-state index in [1.54, 1.807) is 0 Å². The summed E-state index contributed by atoms with van der Waals surface area (Å²) >= 11 is 0. The van der Waals surface area contributed by atoms with E-state index in [0.29, 0.717) is 0 Å². The van der Waals surface area contributed by atoms with E-state index in [0.717, 1.165) is 22.7 Å². The third-order valence-electron chi connectivity index (χ3n) is 13.1. The maximum Gasteiger partial charge on any atom is 0.252 e. The maximum absolute atomic E-state index is 2.58. The summed E-state index contributed by atoms with van der Waals surface area (Å²) in [6, 6.07) is 66.1. The molecule has 8 aromatic rings. The van der Waals surface area contributed by atoms with Gasteiger partial charge in [-0.2, -0.15) is 0 Å². The molecule has 0 spiro atoms. The van der Waals surface area contributed by atoms with Crippen molar-refractivity contribution in [3.63, 3.8) is 0 Å². The van der Waals surface area contributed by atoms with Gasteiger partial charge in [0.2, 0.25) is 0 Å². The van der Waals surface area contributed by atoms with Crippen LogP contribution in [-0.4, -0.2) is 6.71 Å². The number of hydrogen-bond acceptors (Lipinski definition) is 3. The molecular weight excluding hydrogens is 749 g/mol. The van der Waals surface area contributed by atoms with Crippen molar-refractivity contribution >= 4 is 85.1 Å². The highest BCUT2D eigenvalue weighted by Crippen LogP contribution is 2.49. The van der Waals surface area contributed by atoms with E-state index in [1.165, 1.54) is 72.3 Å². The number of hydrogen-bond donors (Lipinski definition) is 0. The number of para-hydroxylation sites is 2. The van der Waals surface area contributed by atoms with Crippen LogP contribution in [0.15, 0.2) is 176 Å². The first-order valence-corrected chi connectivity index (χ1v) is 22.2. The van der Waals surface area contributed by atoms with Crippen LogP contribution in [0.2, 0.25) is 0 Å². The lowest BCUT2D eigenvalue weighted by Gasteiger charge is -2.46. The van der Waals surface area contributed by atoms with E-state index in [2.05, 4.69) is 253 Å². The van der Waals surface area contributed by atoms with Crippen LogP contribution >= 0.6 is 0 Å². The number of anilines is 9. The van der Waals surface area contributed by atoms with Crippen LogP contribution in [0.25, 0.3) is 10.8 Å². The number of rotatable bonds is 5. The molecule has 0 atom stereocenters. The summed E-state index contributed by atoms with van der Waals surface area (Å²) in [5.74, 6) is 0. The zero-order valence-electron chi connectivity index (χ0n) is 37.7. The van der Waals surface area contributed by atoms with Crippen molar-refractivity contribution in [2.45, 2.75) is 78.6 Å². The van der Waals surface area contributed by atoms with Crippen molar-refractivity contribution in [1.29, 1.82) is 0 Å². The molecule has 2 heterocycles. The van der Waals surface area contributed by atoms with Gasteiger partial charge in [0.1, 0.15) is 0 Å². The van der Waals surface area contributed by atoms with Crippen LogP contribution in [0, 0.1) is 0 Å². The van der Waals surface area contributed by atoms with Crippen LogP contribution in [0.3, 0.4) is 0 Å². The Balaban J connectivity index is 1.37. The highest BCUT2D eigenvalue weighted by atomic mass is 15.2. The summed E-state index contributed by atoms with van der Waals surface area (Å²) in [4.78, 5) is 7.56. The molecule has 10 rings (SSSR count). The van der Waals surface area contributed by atoms with Crippen LogP contribution in [0.5, 0.6) is 0 Å². The van der Waals surface area contributed by atoms with E-state index in [9.17, 15) is 0 Å². The molecule has 8 aromatic carbocycles. The quantitative estimate of drug-likeness (QED) is 0.160. The Labute approximate surface area is 369 Å². The standard InChI is InChI=1S/C58H56BN3/c1-56(2,3)40-27-31-45(32-28-40)61-51-33-29-41(57(4,5)6)35-48(51)59-49-36-42(58(7,8)9)30-34-52(49)62(50-26-18-20-39-19-16-17-25-47(39)50)54-38-46(37-53(61)55(54)59)60(43-21-12-10-13-22-43)44-23-14-11-15-24-44/h10-38H,1-9H3. The molecule has 0 N–H and O–H groups in total. The molecule has 0 saturated heterocycles. The first-order valence-electron chi connectivity index (χ1n) is 22.2. The SMILES string of the molecule is CC(C)(C)c1ccc(N2c3ccc(C(C)(C)C)cc3B3c4cc(C(C)(C)C)ccc4N(c4cccc5ccccc45)c4cc(N(c5ccccc5)c5ccccc5)cc2c43)cc1. The van der Waals surface area contributed by atoms with Gasteiger partial charge < -0.3 is 14.7 Å². The van der Waals surface area contributed by atoms with E-state index in [1.807, 2.05) is 0 Å². The minimum absolute atomic E-state index is 0.0122. The zero-order chi connectivity index (χ0) is 43.1. The summed E-state index contributed by atoms with van der Waals surface area (Å²) < 4.78 is 0. The maximum atomic E-state index is 2.58. The predicted molar refractivity (Wildman–Crippen MR) is 269 cm³/mol. The van der Waals surface area contributed by atoms with Crippen molar-refractivity contribution in [1.82, 2.24) is 0 Å². The normalized spacial score (nSPS) is 13.5. The molecule has 306 valence electrons. The number of benzene rings is 8. The molecule has 0 fully saturated rings. The van der Waals surface area contributed by atoms with Crippen molar-refractivity contribution in [2.75, 3.05) is 14.7 Å². The fourth-order valence-electron chi connectivity index (χ4n) is 9.71. The van der Waals surface area contributed by atoms with Crippen molar-refractivity contribution in [3.05, 3.63) is 193 Å². The van der Waals surface area contributed by atoms with Gasteiger partial charge in [-0.3, -0.25) is 0 Å². The summed E-state index contributed by atoms with van der Waals surface area (Å²) in [5, 5.41) is 2.45. The Morgan fingerprint density at radius 2 is 0.839 bits per heavy atom.